The second kappa shape index (κ2) is 30.0. The topological polar surface area (TPSA) is 238 Å². The van der Waals surface area contributed by atoms with Gasteiger partial charge in [-0.1, -0.05) is 48.2 Å². The smallest absolute Gasteiger partial charge is 0.294 e. The van der Waals surface area contributed by atoms with E-state index < -0.39 is 39.4 Å². The van der Waals surface area contributed by atoms with Crippen molar-refractivity contribution in [2.24, 2.45) is 0 Å². The molecule has 0 fully saturated rings. The van der Waals surface area contributed by atoms with E-state index in [1.807, 2.05) is 44.2 Å². The van der Waals surface area contributed by atoms with Crippen molar-refractivity contribution in [2.75, 3.05) is 48.9 Å². The van der Waals surface area contributed by atoms with Gasteiger partial charge in [0, 0.05) is 94.8 Å². The Morgan fingerprint density at radius 1 is 0.838 bits per heavy atom. The van der Waals surface area contributed by atoms with E-state index in [0.717, 1.165) is 125 Å². The Morgan fingerprint density at radius 3 is 2.29 bits per heavy atom. The summed E-state index contributed by atoms with van der Waals surface area (Å²) < 4.78 is 94.9. The molecule has 23 heteroatoms. The van der Waals surface area contributed by atoms with Crippen molar-refractivity contribution < 1.29 is 69.0 Å². The van der Waals surface area contributed by atoms with Gasteiger partial charge >= 0.3 is 0 Å². The van der Waals surface area contributed by atoms with Gasteiger partial charge in [-0.3, -0.25) is 13.8 Å². The lowest BCUT2D eigenvalue weighted by molar-refractivity contribution is -0.438. The molecule has 0 radical (unpaired) electrons. The third-order valence-electron chi connectivity index (χ3n) is 14.5. The van der Waals surface area contributed by atoms with Crippen molar-refractivity contribution in [1.29, 1.82) is 5.26 Å². The minimum Gasteiger partial charge on any atom is -0.494 e. The molecule has 1 aliphatic carbocycles. The molecule has 3 aromatic rings. The van der Waals surface area contributed by atoms with Crippen LogP contribution in [0.1, 0.15) is 136 Å². The van der Waals surface area contributed by atoms with Gasteiger partial charge in [0.05, 0.1) is 47.4 Å². The maximum absolute atomic E-state index is 12.5. The van der Waals surface area contributed by atoms with E-state index >= 15 is 0 Å². The van der Waals surface area contributed by atoms with E-state index in [0.29, 0.717) is 73.8 Å². The van der Waals surface area contributed by atoms with Crippen molar-refractivity contribution >= 4 is 75.3 Å². The fraction of sp³-hybridized carbons (Fsp3) is 0.509. The van der Waals surface area contributed by atoms with Crippen LogP contribution in [0.2, 0.25) is 0 Å². The van der Waals surface area contributed by atoms with Crippen LogP contribution in [0.15, 0.2) is 112 Å². The van der Waals surface area contributed by atoms with Gasteiger partial charge in [0.2, 0.25) is 5.69 Å². The number of ether oxygens (including phenoxy) is 1. The zero-order chi connectivity index (χ0) is 58.3. The quantitative estimate of drug-likeness (QED) is 0.00864. The number of allylic oxidation sites excluding steroid dienone is 8. The molecular weight excluding hydrogens is 1120 g/mol. The molecule has 3 aliphatic rings. The molecule has 3 aromatic carbocycles. The average molecular weight is 1200 g/mol. The van der Waals surface area contributed by atoms with Crippen LogP contribution in [0, 0.1) is 11.3 Å². The molecule has 2 aliphatic heterocycles. The Balaban J connectivity index is 1.41. The van der Waals surface area contributed by atoms with Crippen LogP contribution in [0.4, 0.5) is 11.4 Å². The second-order valence-corrected chi connectivity index (χ2v) is 27.9. The van der Waals surface area contributed by atoms with Gasteiger partial charge in [-0.25, -0.2) is 10.5 Å². The summed E-state index contributed by atoms with van der Waals surface area (Å²) in [6, 6.07) is 21.6. The van der Waals surface area contributed by atoms with Crippen molar-refractivity contribution in [1.82, 2.24) is 4.67 Å². The lowest BCUT2D eigenvalue weighted by atomic mass is 9.79. The minimum absolute atomic E-state index is 0.181. The number of unbranched alkanes of at least 4 members (excludes halogenated alkanes) is 3. The van der Waals surface area contributed by atoms with Crippen molar-refractivity contribution in [2.45, 2.75) is 152 Å². The normalized spacial score (nSPS) is 17.7. The summed E-state index contributed by atoms with van der Waals surface area (Å²) in [6.07, 6.45) is 15.9. The van der Waals surface area contributed by atoms with E-state index in [2.05, 4.69) is 113 Å². The Bertz CT molecular complexity index is 3040. The fourth-order valence-electron chi connectivity index (χ4n) is 10.9. The van der Waals surface area contributed by atoms with Crippen LogP contribution in [-0.4, -0.2) is 107 Å². The summed E-state index contributed by atoms with van der Waals surface area (Å²) in [4.78, 5) is 2.72. The predicted octanol–water partition coefficient (Wildman–Crippen LogP) is 13.6. The van der Waals surface area contributed by atoms with E-state index in [9.17, 15) is 31.2 Å². The number of nitrogens with zero attached hydrogens (tertiary/aromatic N) is 4. The van der Waals surface area contributed by atoms with E-state index in [1.54, 1.807) is 12.1 Å². The zero-order valence-corrected chi connectivity index (χ0v) is 51.2. The van der Waals surface area contributed by atoms with Crippen LogP contribution in [0.5, 0.6) is 5.75 Å². The number of fused-ring (bicyclic) bond motifs is 2. The Kier molecular flexibility index (Phi) is 24.4. The summed E-state index contributed by atoms with van der Waals surface area (Å²) in [6.45, 7) is 19.1. The molecule has 4 N–H and O–H groups in total. The van der Waals surface area contributed by atoms with Gasteiger partial charge in [0.15, 0.2) is 5.71 Å². The first-order valence-corrected chi connectivity index (χ1v) is 33.1. The minimum atomic E-state index is -4.49. The molecule has 438 valence electrons. The van der Waals surface area contributed by atoms with Crippen molar-refractivity contribution in [3.8, 4) is 11.8 Å². The highest BCUT2D eigenvalue weighted by Gasteiger charge is 2.45. The first-order valence-electron chi connectivity index (χ1n) is 27.0. The van der Waals surface area contributed by atoms with Crippen molar-refractivity contribution in [3.05, 3.63) is 119 Å². The van der Waals surface area contributed by atoms with Gasteiger partial charge in [-0.2, -0.15) is 26.7 Å². The van der Waals surface area contributed by atoms with Gasteiger partial charge in [0.1, 0.15) is 20.6 Å². The predicted molar refractivity (Wildman–Crippen MR) is 316 cm³/mol. The van der Waals surface area contributed by atoms with E-state index in [4.69, 9.17) is 24.1 Å². The monoisotopic (exact) mass is 1200 g/mol. The molecule has 0 bridgehead atoms. The number of anilines is 1. The van der Waals surface area contributed by atoms with Crippen LogP contribution >= 0.6 is 32.4 Å². The molecule has 0 aromatic heterocycles. The number of nitriles is 1. The molecule has 0 saturated heterocycles. The van der Waals surface area contributed by atoms with Crippen LogP contribution < -0.4 is 9.64 Å². The number of hydrogen-bond donors (Lipinski definition) is 4. The van der Waals surface area contributed by atoms with Crippen molar-refractivity contribution in [3.63, 3.8) is 0 Å². The van der Waals surface area contributed by atoms with Gasteiger partial charge in [0.25, 0.3) is 20.2 Å². The van der Waals surface area contributed by atoms with Gasteiger partial charge in [-0.15, -0.1) is 8.67 Å². The zero-order valence-electron chi connectivity index (χ0n) is 47.0. The Hall–Kier alpha value is -3.99. The first-order chi connectivity index (χ1) is 38.0. The van der Waals surface area contributed by atoms with Gasteiger partial charge in [-0.05, 0) is 169 Å². The number of benzene rings is 3. The SMILES string of the molecule is CC(C)N(C(C)C)P(CCC#N)OCCCCOc1cccc(C2=C(/C=C/C3=[N+](CCCCS(=O)(=O)O)c4ccc(SOOO)cc4C3(C)C)CCC/C2=C\C=C2\N(CCCCSOOO)c3ccc(S(=O)(=O)O)cc3C2(C)C)c1. The maximum atomic E-state index is 12.5. The third-order valence-corrected chi connectivity index (χ3v) is 19.8. The Labute approximate surface area is 483 Å². The van der Waals surface area contributed by atoms with E-state index in [-0.39, 0.29) is 17.1 Å². The molecule has 0 saturated carbocycles. The van der Waals surface area contributed by atoms with E-state index in [1.165, 1.54) is 6.07 Å². The number of hydrogen-bond acceptors (Lipinski definition) is 17. The molecular formula is C57H78N4O14PS4+. The highest BCUT2D eigenvalue weighted by atomic mass is 32.2. The summed E-state index contributed by atoms with van der Waals surface area (Å²) >= 11 is 1.86. The standard InChI is InChI=1S/C57H77N4O14PS4/c1-41(2)61(42(3)4)76(35-17-30-58)71-34-12-11-33-70-46-21-16-20-45(38-46)55-43(22-28-53-56(5,6)49-39-47(78-75-73-63)24-26-51(49)60(53)32-10-14-37-79(64,65)66)18-15-19-44(55)23-29-54-57(7,8)50-40-48(80(67,68)69)25-27-52(50)59(54)31-9-13-36-77-74-72-62/h16,20-29,38-42H,9-15,17-19,31-37H2,1-8H3,(H3-,62,63,64,65,66,67,68,69)/p+1. The lowest BCUT2D eigenvalue weighted by Crippen LogP contribution is -2.33. The summed E-state index contributed by atoms with van der Waals surface area (Å²) in [7, 11) is -9.55. The molecule has 0 spiro atoms. The summed E-state index contributed by atoms with van der Waals surface area (Å²) in [5.41, 5.74) is 8.38. The van der Waals surface area contributed by atoms with Gasteiger partial charge < -0.3 is 14.2 Å². The fourth-order valence-corrected chi connectivity index (χ4v) is 15.0. The third kappa shape index (κ3) is 17.3. The highest BCUT2D eigenvalue weighted by Crippen LogP contribution is 2.50. The Morgan fingerprint density at radius 2 is 1.59 bits per heavy atom. The molecule has 1 atom stereocenters. The molecule has 2 heterocycles. The highest BCUT2D eigenvalue weighted by molar-refractivity contribution is 7.94. The largest absolute Gasteiger partial charge is 0.494 e. The van der Waals surface area contributed by atoms with Crippen LogP contribution in [-0.2, 0) is 54.3 Å². The maximum Gasteiger partial charge on any atom is 0.294 e. The average Bonchev–Trinajstić information content (AvgIpc) is 4.03. The molecule has 1 unspecified atom stereocenters. The molecule has 18 nitrogen and oxygen atoms in total. The van der Waals surface area contributed by atoms with Crippen LogP contribution in [0.3, 0.4) is 0 Å². The number of rotatable bonds is 32. The molecule has 0 amide bonds. The summed E-state index contributed by atoms with van der Waals surface area (Å²) in [5, 5.41) is 34.6. The summed E-state index contributed by atoms with van der Waals surface area (Å²) in [5.74, 6) is 0.925. The second-order valence-electron chi connectivity index (χ2n) is 21.5. The molecule has 6 rings (SSSR count). The molecule has 80 heavy (non-hydrogen) atoms. The first kappa shape index (κ1) is 65.2. The lowest BCUT2D eigenvalue weighted by Gasteiger charge is -2.37. The van der Waals surface area contributed by atoms with Crippen LogP contribution in [0.25, 0.3) is 5.57 Å².